The SMILES string of the molecule is O=C(Nc1ccnn1C1CCN(Cc2cccc3nonc23)CC1)c1ccccc1Cl. The fourth-order valence-electron chi connectivity index (χ4n) is 4.09. The van der Waals surface area contributed by atoms with Gasteiger partial charge in [-0.05, 0) is 46.9 Å². The Kier molecular flexibility index (Phi) is 5.40. The Labute approximate surface area is 183 Å². The summed E-state index contributed by atoms with van der Waals surface area (Å²) < 4.78 is 6.78. The van der Waals surface area contributed by atoms with E-state index in [1.54, 1.807) is 30.5 Å². The molecule has 2 aromatic carbocycles. The molecule has 5 rings (SSSR count). The van der Waals surface area contributed by atoms with E-state index in [1.807, 2.05) is 22.9 Å². The molecule has 0 radical (unpaired) electrons. The average molecular weight is 437 g/mol. The highest BCUT2D eigenvalue weighted by Crippen LogP contribution is 2.27. The summed E-state index contributed by atoms with van der Waals surface area (Å²) >= 11 is 6.16. The molecule has 0 unspecified atom stereocenters. The molecule has 31 heavy (non-hydrogen) atoms. The van der Waals surface area contributed by atoms with E-state index in [0.29, 0.717) is 16.4 Å². The van der Waals surface area contributed by atoms with E-state index in [-0.39, 0.29) is 11.9 Å². The Balaban J connectivity index is 1.24. The van der Waals surface area contributed by atoms with Crippen molar-refractivity contribution in [3.63, 3.8) is 0 Å². The predicted molar refractivity (Wildman–Crippen MR) is 117 cm³/mol. The van der Waals surface area contributed by atoms with Gasteiger partial charge in [0, 0.05) is 25.7 Å². The molecule has 1 aliphatic rings. The number of fused-ring (bicyclic) bond motifs is 1. The number of piperidine rings is 1. The zero-order chi connectivity index (χ0) is 21.2. The van der Waals surface area contributed by atoms with Crippen molar-refractivity contribution < 1.29 is 9.42 Å². The van der Waals surface area contributed by atoms with Crippen LogP contribution < -0.4 is 5.32 Å². The number of likely N-dealkylation sites (tertiary alicyclic amines) is 1. The number of benzene rings is 2. The molecule has 3 heterocycles. The molecule has 1 fully saturated rings. The van der Waals surface area contributed by atoms with Gasteiger partial charge in [0.05, 0.1) is 22.8 Å². The summed E-state index contributed by atoms with van der Waals surface area (Å²) in [5, 5.41) is 15.8. The van der Waals surface area contributed by atoms with Crippen LogP contribution in [0.25, 0.3) is 11.0 Å². The summed E-state index contributed by atoms with van der Waals surface area (Å²) in [5.74, 6) is 0.445. The number of nitrogens with zero attached hydrogens (tertiary/aromatic N) is 5. The lowest BCUT2D eigenvalue weighted by Crippen LogP contribution is -2.35. The molecule has 0 saturated carbocycles. The number of carbonyl (C=O) groups excluding carboxylic acids is 1. The number of rotatable bonds is 5. The molecule has 1 amide bonds. The maximum absolute atomic E-state index is 12.6. The van der Waals surface area contributed by atoms with E-state index >= 15 is 0 Å². The normalized spacial score (nSPS) is 15.4. The van der Waals surface area contributed by atoms with Crippen LogP contribution in [0.4, 0.5) is 5.82 Å². The second kappa shape index (κ2) is 8.49. The van der Waals surface area contributed by atoms with Crippen molar-refractivity contribution in [2.24, 2.45) is 0 Å². The molecular weight excluding hydrogens is 416 g/mol. The maximum Gasteiger partial charge on any atom is 0.258 e. The minimum atomic E-state index is -0.237. The van der Waals surface area contributed by atoms with E-state index < -0.39 is 0 Å². The zero-order valence-corrected chi connectivity index (χ0v) is 17.5. The molecule has 4 aromatic rings. The maximum atomic E-state index is 12.6. The van der Waals surface area contributed by atoms with Crippen LogP contribution in [0.3, 0.4) is 0 Å². The lowest BCUT2D eigenvalue weighted by molar-refractivity contribution is 0.102. The van der Waals surface area contributed by atoms with Crippen molar-refractivity contribution in [3.8, 4) is 0 Å². The first-order chi connectivity index (χ1) is 15.2. The van der Waals surface area contributed by atoms with Gasteiger partial charge < -0.3 is 5.32 Å². The highest BCUT2D eigenvalue weighted by atomic mass is 35.5. The number of anilines is 1. The molecule has 158 valence electrons. The number of hydrogen-bond donors (Lipinski definition) is 1. The first kappa shape index (κ1) is 19.7. The van der Waals surface area contributed by atoms with Gasteiger partial charge in [-0.2, -0.15) is 5.10 Å². The number of aromatic nitrogens is 4. The monoisotopic (exact) mass is 436 g/mol. The van der Waals surface area contributed by atoms with Gasteiger partial charge in [-0.1, -0.05) is 35.9 Å². The Bertz CT molecular complexity index is 1210. The molecule has 0 spiro atoms. The summed E-state index contributed by atoms with van der Waals surface area (Å²) in [6.45, 7) is 2.64. The van der Waals surface area contributed by atoms with Gasteiger partial charge in [0.2, 0.25) is 0 Å². The number of hydrogen-bond acceptors (Lipinski definition) is 6. The molecule has 8 nitrogen and oxygen atoms in total. The number of amides is 1. The minimum Gasteiger partial charge on any atom is -0.307 e. The Morgan fingerprint density at radius 2 is 1.94 bits per heavy atom. The van der Waals surface area contributed by atoms with Gasteiger partial charge in [-0.25, -0.2) is 9.31 Å². The van der Waals surface area contributed by atoms with E-state index in [2.05, 4.69) is 31.7 Å². The summed E-state index contributed by atoms with van der Waals surface area (Å²) in [5.41, 5.74) is 3.16. The highest BCUT2D eigenvalue weighted by molar-refractivity contribution is 6.34. The lowest BCUT2D eigenvalue weighted by atomic mass is 10.0. The molecule has 2 aromatic heterocycles. The van der Waals surface area contributed by atoms with E-state index in [0.717, 1.165) is 49.1 Å². The standard InChI is InChI=1S/C22H21ClN6O2/c23-18-6-2-1-5-17(18)22(30)25-20-8-11-24-29(20)16-9-12-28(13-10-16)14-15-4-3-7-19-21(15)27-31-26-19/h1-8,11,16H,9-10,12-14H2,(H,25,30). The van der Waals surface area contributed by atoms with Gasteiger partial charge in [0.15, 0.2) is 0 Å². The Morgan fingerprint density at radius 1 is 1.10 bits per heavy atom. The summed E-state index contributed by atoms with van der Waals surface area (Å²) in [7, 11) is 0. The van der Waals surface area contributed by atoms with Gasteiger partial charge in [-0.15, -0.1) is 0 Å². The van der Waals surface area contributed by atoms with Crippen molar-refractivity contribution in [1.82, 2.24) is 25.0 Å². The summed E-state index contributed by atoms with van der Waals surface area (Å²) in [6, 6.07) is 15.0. The van der Waals surface area contributed by atoms with Crippen LogP contribution in [0.5, 0.6) is 0 Å². The van der Waals surface area contributed by atoms with Gasteiger partial charge in [0.1, 0.15) is 16.9 Å². The molecule has 1 N–H and O–H groups in total. The molecule has 1 saturated heterocycles. The fraction of sp³-hybridized carbons (Fsp3) is 0.273. The van der Waals surface area contributed by atoms with Crippen LogP contribution in [-0.4, -0.2) is 44.0 Å². The molecule has 9 heteroatoms. The van der Waals surface area contributed by atoms with Crippen LogP contribution in [-0.2, 0) is 6.54 Å². The molecule has 0 aliphatic carbocycles. The second-order valence-electron chi connectivity index (χ2n) is 7.65. The van der Waals surface area contributed by atoms with Crippen molar-refractivity contribution in [1.29, 1.82) is 0 Å². The zero-order valence-electron chi connectivity index (χ0n) is 16.7. The highest BCUT2D eigenvalue weighted by Gasteiger charge is 2.24. The Hall–Kier alpha value is -3.23. The van der Waals surface area contributed by atoms with Crippen molar-refractivity contribution >= 4 is 34.4 Å². The van der Waals surface area contributed by atoms with Crippen molar-refractivity contribution in [2.75, 3.05) is 18.4 Å². The van der Waals surface area contributed by atoms with E-state index in [4.69, 9.17) is 16.2 Å². The first-order valence-corrected chi connectivity index (χ1v) is 10.6. The van der Waals surface area contributed by atoms with Gasteiger partial charge in [-0.3, -0.25) is 9.69 Å². The second-order valence-corrected chi connectivity index (χ2v) is 8.06. The lowest BCUT2D eigenvalue weighted by Gasteiger charge is -2.32. The smallest absolute Gasteiger partial charge is 0.258 e. The third-order valence-electron chi connectivity index (χ3n) is 5.70. The van der Waals surface area contributed by atoms with Gasteiger partial charge in [0.25, 0.3) is 5.91 Å². The number of halogens is 1. The summed E-state index contributed by atoms with van der Waals surface area (Å²) in [6.07, 6.45) is 3.58. The fourth-order valence-corrected chi connectivity index (χ4v) is 4.31. The largest absolute Gasteiger partial charge is 0.307 e. The summed E-state index contributed by atoms with van der Waals surface area (Å²) in [4.78, 5) is 15.0. The average Bonchev–Trinajstić information content (AvgIpc) is 3.45. The first-order valence-electron chi connectivity index (χ1n) is 10.2. The van der Waals surface area contributed by atoms with Crippen molar-refractivity contribution in [2.45, 2.75) is 25.4 Å². The Morgan fingerprint density at radius 3 is 2.77 bits per heavy atom. The van der Waals surface area contributed by atoms with E-state index in [9.17, 15) is 4.79 Å². The van der Waals surface area contributed by atoms with Gasteiger partial charge >= 0.3 is 0 Å². The van der Waals surface area contributed by atoms with Crippen LogP contribution in [0.2, 0.25) is 5.02 Å². The van der Waals surface area contributed by atoms with E-state index in [1.165, 1.54) is 0 Å². The third-order valence-corrected chi connectivity index (χ3v) is 6.03. The van der Waals surface area contributed by atoms with Crippen LogP contribution >= 0.6 is 11.6 Å². The van der Waals surface area contributed by atoms with Crippen LogP contribution in [0.15, 0.2) is 59.4 Å². The molecule has 0 bridgehead atoms. The predicted octanol–water partition coefficient (Wildman–Crippen LogP) is 4.16. The number of carbonyl (C=O) groups is 1. The molecule has 1 aliphatic heterocycles. The topological polar surface area (TPSA) is 89.1 Å². The quantitative estimate of drug-likeness (QED) is 0.505. The van der Waals surface area contributed by atoms with Crippen LogP contribution in [0.1, 0.15) is 34.8 Å². The van der Waals surface area contributed by atoms with Crippen LogP contribution in [0, 0.1) is 0 Å². The molecule has 0 atom stereocenters. The third kappa shape index (κ3) is 4.04. The van der Waals surface area contributed by atoms with Crippen molar-refractivity contribution in [3.05, 3.63) is 70.9 Å². The number of nitrogens with one attached hydrogen (secondary N) is 1. The minimum absolute atomic E-state index is 0.220. The molecular formula is C22H21ClN6O2.